The molecule has 6 nitrogen and oxygen atoms in total. The van der Waals surface area contributed by atoms with Crippen LogP contribution in [-0.2, 0) is 9.53 Å². The van der Waals surface area contributed by atoms with Crippen molar-refractivity contribution in [3.8, 4) is 0 Å². The quantitative estimate of drug-likeness (QED) is 0.150. The molecule has 0 spiro atoms. The highest BCUT2D eigenvalue weighted by Gasteiger charge is 2.17. The lowest BCUT2D eigenvalue weighted by Gasteiger charge is -2.16. The van der Waals surface area contributed by atoms with E-state index < -0.39 is 30.8 Å². The zero-order valence-corrected chi connectivity index (χ0v) is 17.7. The minimum Gasteiger partial charge on any atom is -0.464 e. The van der Waals surface area contributed by atoms with Gasteiger partial charge in [-0.25, -0.2) is 4.79 Å². The first-order valence-corrected chi connectivity index (χ1v) is 11.1. The lowest BCUT2D eigenvalue weighted by atomic mass is 10.0. The van der Waals surface area contributed by atoms with E-state index in [0.717, 1.165) is 12.8 Å². The third kappa shape index (κ3) is 16.0. The van der Waals surface area contributed by atoms with Gasteiger partial charge in [0.05, 0.1) is 19.3 Å². The molecule has 0 saturated carbocycles. The Morgan fingerprint density at radius 1 is 0.964 bits per heavy atom. The Bertz CT molecular complexity index is 389. The Hall–Kier alpha value is -0.950. The first-order valence-electron chi connectivity index (χ1n) is 11.1. The number of hydrogen-bond acceptors (Lipinski definition) is 6. The zero-order valence-electron chi connectivity index (χ0n) is 17.7. The van der Waals surface area contributed by atoms with Gasteiger partial charge in [-0.1, -0.05) is 83.3 Å². The summed E-state index contributed by atoms with van der Waals surface area (Å²) in [5.41, 5.74) is 5.85. The van der Waals surface area contributed by atoms with Gasteiger partial charge in [0.2, 0.25) is 0 Å². The second kappa shape index (κ2) is 19.4. The molecule has 0 aliphatic rings. The van der Waals surface area contributed by atoms with Crippen molar-refractivity contribution in [2.45, 2.75) is 109 Å². The van der Waals surface area contributed by atoms with Gasteiger partial charge < -0.3 is 25.8 Å². The number of carbonyl (C=O) groups is 1. The van der Waals surface area contributed by atoms with Gasteiger partial charge in [0, 0.05) is 6.04 Å². The van der Waals surface area contributed by atoms with Crippen LogP contribution in [0.4, 0.5) is 0 Å². The predicted octanol–water partition coefficient (Wildman–Crippen LogP) is 3.22. The Labute approximate surface area is 171 Å². The predicted molar refractivity (Wildman–Crippen MR) is 113 cm³/mol. The smallest absolute Gasteiger partial charge is 0.337 e. The van der Waals surface area contributed by atoms with Crippen molar-refractivity contribution in [2.24, 2.45) is 5.73 Å². The summed E-state index contributed by atoms with van der Waals surface area (Å²) < 4.78 is 4.77. The maximum absolute atomic E-state index is 11.2. The fourth-order valence-electron chi connectivity index (χ4n) is 2.94. The number of unbranched alkanes of at least 4 members (excludes halogenated alkanes) is 11. The number of carbonyl (C=O) groups excluding carboxylic acids is 1. The van der Waals surface area contributed by atoms with Gasteiger partial charge >= 0.3 is 5.97 Å². The molecule has 0 bridgehead atoms. The Morgan fingerprint density at radius 3 is 2.04 bits per heavy atom. The molecule has 0 aromatic carbocycles. The van der Waals surface area contributed by atoms with Crippen LogP contribution in [0, 0.1) is 0 Å². The molecule has 0 aliphatic carbocycles. The zero-order chi connectivity index (χ0) is 21.0. The van der Waals surface area contributed by atoms with Gasteiger partial charge in [-0.3, -0.25) is 0 Å². The highest BCUT2D eigenvalue weighted by atomic mass is 16.5. The Kier molecular flexibility index (Phi) is 18.7. The number of ether oxygens (including phenoxy) is 1. The molecule has 0 fully saturated rings. The topological polar surface area (TPSA) is 113 Å². The molecule has 0 aromatic rings. The van der Waals surface area contributed by atoms with E-state index in [-0.39, 0.29) is 13.0 Å². The monoisotopic (exact) mass is 401 g/mol. The van der Waals surface area contributed by atoms with Gasteiger partial charge in [0.1, 0.15) is 0 Å². The van der Waals surface area contributed by atoms with Crippen molar-refractivity contribution >= 4 is 5.97 Å². The van der Waals surface area contributed by atoms with Crippen LogP contribution in [0.1, 0.15) is 90.4 Å². The van der Waals surface area contributed by atoms with Crippen LogP contribution in [0.25, 0.3) is 0 Å². The van der Waals surface area contributed by atoms with Crippen molar-refractivity contribution in [3.05, 3.63) is 12.2 Å². The number of aliphatic hydroxyl groups excluding tert-OH is 3. The average molecular weight is 402 g/mol. The van der Waals surface area contributed by atoms with E-state index in [1.165, 1.54) is 64.2 Å². The maximum atomic E-state index is 11.2. The first-order chi connectivity index (χ1) is 13.5. The van der Waals surface area contributed by atoms with Crippen molar-refractivity contribution in [2.75, 3.05) is 13.2 Å². The summed E-state index contributed by atoms with van der Waals surface area (Å²) >= 11 is 0. The third-order valence-corrected chi connectivity index (χ3v) is 4.89. The molecular weight excluding hydrogens is 358 g/mol. The van der Waals surface area contributed by atoms with Crippen LogP contribution < -0.4 is 5.73 Å². The first kappa shape index (κ1) is 27.0. The van der Waals surface area contributed by atoms with Crippen LogP contribution in [0.5, 0.6) is 0 Å². The van der Waals surface area contributed by atoms with Crippen molar-refractivity contribution in [1.82, 2.24) is 0 Å². The summed E-state index contributed by atoms with van der Waals surface area (Å²) in [5, 5.41) is 27.7. The standard InChI is InChI=1S/C22H43NO5/c1-2-3-4-5-6-7-8-9-10-11-12-13-14-15-20(25)19(23)16-17-28-22(27)21(26)18-24/h14-15,19-21,24-26H,2-13,16-18,23H2,1H3/b15-14+. The third-order valence-electron chi connectivity index (χ3n) is 4.89. The SMILES string of the molecule is CCCCCCCCCCCCC/C=C/C(O)C(N)CCOC(=O)C(O)CO. The summed E-state index contributed by atoms with van der Waals surface area (Å²) in [6.45, 7) is 1.58. The Morgan fingerprint density at radius 2 is 1.50 bits per heavy atom. The van der Waals surface area contributed by atoms with E-state index in [4.69, 9.17) is 20.7 Å². The van der Waals surface area contributed by atoms with E-state index in [2.05, 4.69) is 6.92 Å². The van der Waals surface area contributed by atoms with E-state index >= 15 is 0 Å². The molecule has 0 rings (SSSR count). The second-order valence-electron chi connectivity index (χ2n) is 7.56. The van der Waals surface area contributed by atoms with Crippen molar-refractivity contribution in [3.63, 3.8) is 0 Å². The normalized spacial score (nSPS) is 14.9. The number of rotatable bonds is 19. The van der Waals surface area contributed by atoms with Crippen LogP contribution in [0.15, 0.2) is 12.2 Å². The lowest BCUT2D eigenvalue weighted by molar-refractivity contribution is -0.155. The van der Waals surface area contributed by atoms with Crippen LogP contribution in [0.2, 0.25) is 0 Å². The van der Waals surface area contributed by atoms with Crippen LogP contribution in [-0.4, -0.2) is 52.8 Å². The molecule has 5 N–H and O–H groups in total. The number of nitrogens with two attached hydrogens (primary N) is 1. The highest BCUT2D eigenvalue weighted by Crippen LogP contribution is 2.12. The van der Waals surface area contributed by atoms with Crippen molar-refractivity contribution in [1.29, 1.82) is 0 Å². The van der Waals surface area contributed by atoms with E-state index in [0.29, 0.717) is 0 Å². The van der Waals surface area contributed by atoms with E-state index in [1.54, 1.807) is 6.08 Å². The van der Waals surface area contributed by atoms with Crippen LogP contribution in [0.3, 0.4) is 0 Å². The average Bonchev–Trinajstić information content (AvgIpc) is 2.70. The maximum Gasteiger partial charge on any atom is 0.337 e. The molecular formula is C22H43NO5. The molecule has 0 saturated heterocycles. The van der Waals surface area contributed by atoms with E-state index in [9.17, 15) is 9.90 Å². The molecule has 0 amide bonds. The summed E-state index contributed by atoms with van der Waals surface area (Å²) in [6, 6.07) is -0.535. The number of aliphatic hydroxyl groups is 3. The molecule has 0 aliphatic heterocycles. The van der Waals surface area contributed by atoms with Gasteiger partial charge in [0.25, 0.3) is 0 Å². The molecule has 166 valence electrons. The fourth-order valence-corrected chi connectivity index (χ4v) is 2.94. The summed E-state index contributed by atoms with van der Waals surface area (Å²) in [5.74, 6) is -0.878. The van der Waals surface area contributed by atoms with Gasteiger partial charge in [-0.2, -0.15) is 0 Å². The minimum atomic E-state index is -1.52. The van der Waals surface area contributed by atoms with Gasteiger partial charge in [-0.15, -0.1) is 0 Å². The second-order valence-corrected chi connectivity index (χ2v) is 7.56. The summed E-state index contributed by atoms with van der Waals surface area (Å²) in [7, 11) is 0. The molecule has 28 heavy (non-hydrogen) atoms. The summed E-state index contributed by atoms with van der Waals surface area (Å²) in [4.78, 5) is 11.2. The van der Waals surface area contributed by atoms with Gasteiger partial charge in [-0.05, 0) is 19.3 Å². The number of allylic oxidation sites excluding steroid dienone is 1. The van der Waals surface area contributed by atoms with E-state index in [1.807, 2.05) is 6.08 Å². The molecule has 0 aromatic heterocycles. The number of hydrogen-bond donors (Lipinski definition) is 4. The molecule has 0 radical (unpaired) electrons. The highest BCUT2D eigenvalue weighted by molar-refractivity contribution is 5.74. The molecule has 6 heteroatoms. The summed E-state index contributed by atoms with van der Waals surface area (Å²) in [6.07, 6.45) is 17.0. The molecule has 0 heterocycles. The van der Waals surface area contributed by atoms with Gasteiger partial charge in [0.15, 0.2) is 6.10 Å². The number of esters is 1. The van der Waals surface area contributed by atoms with Crippen molar-refractivity contribution < 1.29 is 24.9 Å². The molecule has 3 atom stereocenters. The minimum absolute atomic E-state index is 0.000559. The lowest BCUT2D eigenvalue weighted by Crippen LogP contribution is -2.35. The molecule has 3 unspecified atom stereocenters. The largest absolute Gasteiger partial charge is 0.464 e. The Balaban J connectivity index is 3.54. The fraction of sp³-hybridized carbons (Fsp3) is 0.864. The van der Waals surface area contributed by atoms with Crippen LogP contribution >= 0.6 is 0 Å².